The van der Waals surface area contributed by atoms with E-state index in [1.165, 1.54) is 25.9 Å². The van der Waals surface area contributed by atoms with Gasteiger partial charge in [-0.25, -0.2) is 0 Å². The predicted octanol–water partition coefficient (Wildman–Crippen LogP) is -0.423. The topological polar surface area (TPSA) is 53.6 Å². The second kappa shape index (κ2) is 5.80. The van der Waals surface area contributed by atoms with Gasteiger partial charge in [0, 0.05) is 26.2 Å². The Morgan fingerprint density at radius 1 is 1.41 bits per heavy atom. The zero-order valence-corrected chi connectivity index (χ0v) is 10.6. The molecule has 0 saturated carbocycles. The number of hydrogen-bond acceptors (Lipinski definition) is 4. The molecule has 0 atom stereocenters. The molecule has 17 heavy (non-hydrogen) atoms. The Balaban J connectivity index is 1.51. The highest BCUT2D eigenvalue weighted by Crippen LogP contribution is 2.14. The molecule has 0 aromatic heterocycles. The Bertz CT molecular complexity index is 260. The molecule has 0 aliphatic carbocycles. The molecule has 2 N–H and O–H groups in total. The summed E-state index contributed by atoms with van der Waals surface area (Å²) in [6.07, 6.45) is 2.59. The molecule has 2 saturated heterocycles. The molecular weight excluding hydrogens is 218 g/mol. The number of likely N-dealkylation sites (tertiary alicyclic amines) is 1. The minimum atomic E-state index is -0.133. The Morgan fingerprint density at radius 3 is 2.71 bits per heavy atom. The molecule has 0 bridgehead atoms. The van der Waals surface area contributed by atoms with E-state index in [0.29, 0.717) is 0 Å². The molecule has 2 heterocycles. The van der Waals surface area contributed by atoms with Crippen LogP contribution in [0.25, 0.3) is 0 Å². The highest BCUT2D eigenvalue weighted by molar-refractivity contribution is 5.77. The van der Waals surface area contributed by atoms with Crippen LogP contribution in [-0.2, 0) is 9.53 Å². The minimum absolute atomic E-state index is 0.00248. The summed E-state index contributed by atoms with van der Waals surface area (Å²) >= 11 is 0. The van der Waals surface area contributed by atoms with Gasteiger partial charge >= 0.3 is 0 Å². The lowest BCUT2D eigenvalue weighted by molar-refractivity contribution is -0.135. The first-order valence-electron chi connectivity index (χ1n) is 6.52. The quantitative estimate of drug-likeness (QED) is 0.663. The molecule has 2 rings (SSSR count). The van der Waals surface area contributed by atoms with Crippen LogP contribution in [0.3, 0.4) is 0 Å². The molecule has 5 nitrogen and oxygen atoms in total. The summed E-state index contributed by atoms with van der Waals surface area (Å²) in [5, 5.41) is 6.05. The first kappa shape index (κ1) is 12.8. The van der Waals surface area contributed by atoms with Crippen LogP contribution in [0.2, 0.25) is 0 Å². The maximum absolute atomic E-state index is 11.5. The van der Waals surface area contributed by atoms with Crippen molar-refractivity contribution in [3.8, 4) is 0 Å². The van der Waals surface area contributed by atoms with Gasteiger partial charge in [-0.05, 0) is 32.9 Å². The van der Waals surface area contributed by atoms with Crippen molar-refractivity contribution in [2.75, 3.05) is 45.9 Å². The van der Waals surface area contributed by atoms with E-state index in [9.17, 15) is 4.79 Å². The summed E-state index contributed by atoms with van der Waals surface area (Å²) in [7, 11) is 0. The predicted molar refractivity (Wildman–Crippen MR) is 65.9 cm³/mol. The Hall–Kier alpha value is -0.650. The van der Waals surface area contributed by atoms with Crippen molar-refractivity contribution in [2.45, 2.75) is 25.4 Å². The maximum Gasteiger partial charge on any atom is 0.246 e. The fraction of sp³-hybridized carbons (Fsp3) is 0.917. The summed E-state index contributed by atoms with van der Waals surface area (Å²) in [4.78, 5) is 13.9. The van der Waals surface area contributed by atoms with Crippen molar-refractivity contribution in [3.05, 3.63) is 0 Å². The zero-order valence-electron chi connectivity index (χ0n) is 10.6. The number of carbonyl (C=O) groups is 1. The van der Waals surface area contributed by atoms with Gasteiger partial charge in [0.15, 0.2) is 0 Å². The molecule has 0 aromatic rings. The normalized spacial score (nSPS) is 23.4. The first-order chi connectivity index (χ1) is 8.18. The van der Waals surface area contributed by atoms with Crippen molar-refractivity contribution in [2.24, 2.45) is 0 Å². The number of nitrogens with zero attached hydrogens (tertiary/aromatic N) is 1. The molecule has 98 valence electrons. The maximum atomic E-state index is 11.5. The van der Waals surface area contributed by atoms with Crippen LogP contribution in [0.5, 0.6) is 0 Å². The van der Waals surface area contributed by atoms with Crippen LogP contribution in [0, 0.1) is 0 Å². The van der Waals surface area contributed by atoms with E-state index in [-0.39, 0.29) is 18.1 Å². The van der Waals surface area contributed by atoms with Crippen LogP contribution < -0.4 is 10.6 Å². The second-order valence-electron chi connectivity index (χ2n) is 5.24. The Morgan fingerprint density at radius 2 is 2.12 bits per heavy atom. The van der Waals surface area contributed by atoms with E-state index >= 15 is 0 Å². The number of carbonyl (C=O) groups excluding carboxylic acids is 1. The Kier molecular flexibility index (Phi) is 4.36. The summed E-state index contributed by atoms with van der Waals surface area (Å²) < 4.78 is 5.56. The largest absolute Gasteiger partial charge is 0.363 e. The molecule has 2 aliphatic heterocycles. The molecular formula is C12H23N3O2. The SMILES string of the molecule is CC1(OCC(=O)NCCN2CCCC2)CNC1. The van der Waals surface area contributed by atoms with Gasteiger partial charge < -0.3 is 20.3 Å². The monoisotopic (exact) mass is 241 g/mol. The fourth-order valence-corrected chi connectivity index (χ4v) is 2.23. The number of hydrogen-bond donors (Lipinski definition) is 2. The number of amides is 1. The van der Waals surface area contributed by atoms with Crippen molar-refractivity contribution in [3.63, 3.8) is 0 Å². The number of ether oxygens (including phenoxy) is 1. The van der Waals surface area contributed by atoms with Crippen molar-refractivity contribution >= 4 is 5.91 Å². The van der Waals surface area contributed by atoms with Gasteiger partial charge in [0.05, 0.1) is 5.60 Å². The van der Waals surface area contributed by atoms with Crippen molar-refractivity contribution < 1.29 is 9.53 Å². The molecule has 0 spiro atoms. The number of rotatable bonds is 6. The van der Waals surface area contributed by atoms with E-state index in [2.05, 4.69) is 15.5 Å². The summed E-state index contributed by atoms with van der Waals surface area (Å²) in [6.45, 7) is 7.94. The van der Waals surface area contributed by atoms with Crippen LogP contribution in [0.15, 0.2) is 0 Å². The third-order valence-corrected chi connectivity index (χ3v) is 3.50. The molecule has 0 unspecified atom stereocenters. The van der Waals surface area contributed by atoms with Crippen LogP contribution >= 0.6 is 0 Å². The van der Waals surface area contributed by atoms with E-state index in [4.69, 9.17) is 4.74 Å². The van der Waals surface area contributed by atoms with E-state index in [1.54, 1.807) is 0 Å². The van der Waals surface area contributed by atoms with Gasteiger partial charge in [0.25, 0.3) is 0 Å². The first-order valence-corrected chi connectivity index (χ1v) is 6.52. The summed E-state index contributed by atoms with van der Waals surface area (Å²) in [5.74, 6) is -0.00248. The van der Waals surface area contributed by atoms with Gasteiger partial charge in [0.1, 0.15) is 6.61 Å². The Labute approximate surface area is 103 Å². The second-order valence-corrected chi connectivity index (χ2v) is 5.24. The molecule has 1 amide bonds. The zero-order chi connectivity index (χ0) is 12.1. The molecule has 2 fully saturated rings. The average Bonchev–Trinajstić information content (AvgIpc) is 2.77. The van der Waals surface area contributed by atoms with Crippen molar-refractivity contribution in [1.82, 2.24) is 15.5 Å². The van der Waals surface area contributed by atoms with Crippen LogP contribution in [0.4, 0.5) is 0 Å². The third-order valence-electron chi connectivity index (χ3n) is 3.50. The highest BCUT2D eigenvalue weighted by atomic mass is 16.5. The fourth-order valence-electron chi connectivity index (χ4n) is 2.23. The minimum Gasteiger partial charge on any atom is -0.363 e. The summed E-state index contributed by atoms with van der Waals surface area (Å²) in [5.41, 5.74) is -0.133. The molecule has 5 heteroatoms. The van der Waals surface area contributed by atoms with Gasteiger partial charge in [-0.3, -0.25) is 4.79 Å². The standard InChI is InChI=1S/C12H23N3O2/c1-12(9-13-10-12)17-8-11(16)14-4-7-15-5-2-3-6-15/h13H,2-10H2,1H3,(H,14,16). The lowest BCUT2D eigenvalue weighted by Crippen LogP contribution is -2.59. The molecule has 0 radical (unpaired) electrons. The third kappa shape index (κ3) is 3.94. The van der Waals surface area contributed by atoms with Gasteiger partial charge in [-0.1, -0.05) is 0 Å². The average molecular weight is 241 g/mol. The molecule has 2 aliphatic rings. The van der Waals surface area contributed by atoms with Gasteiger partial charge in [-0.2, -0.15) is 0 Å². The van der Waals surface area contributed by atoms with Crippen molar-refractivity contribution in [1.29, 1.82) is 0 Å². The van der Waals surface area contributed by atoms with E-state index < -0.39 is 0 Å². The van der Waals surface area contributed by atoms with E-state index in [1.807, 2.05) is 6.92 Å². The summed E-state index contributed by atoms with van der Waals surface area (Å²) in [6, 6.07) is 0. The van der Waals surface area contributed by atoms with Crippen LogP contribution in [0.1, 0.15) is 19.8 Å². The van der Waals surface area contributed by atoms with E-state index in [0.717, 1.165) is 26.2 Å². The highest BCUT2D eigenvalue weighted by Gasteiger charge is 2.32. The molecule has 0 aromatic carbocycles. The lowest BCUT2D eigenvalue weighted by atomic mass is 10.0. The smallest absolute Gasteiger partial charge is 0.246 e. The van der Waals surface area contributed by atoms with Gasteiger partial charge in [0.2, 0.25) is 5.91 Å². The lowest BCUT2D eigenvalue weighted by Gasteiger charge is -2.38. The number of nitrogens with one attached hydrogen (secondary N) is 2. The van der Waals surface area contributed by atoms with Crippen LogP contribution in [-0.4, -0.2) is 62.3 Å². The van der Waals surface area contributed by atoms with Gasteiger partial charge in [-0.15, -0.1) is 0 Å².